The second-order valence-electron chi connectivity index (χ2n) is 5.43. The predicted molar refractivity (Wildman–Crippen MR) is 66.1 cm³/mol. The molecule has 0 aromatic rings. The van der Waals surface area contributed by atoms with Gasteiger partial charge in [-0.05, 0) is 40.3 Å². The fourth-order valence-electron chi connectivity index (χ4n) is 1.94. The van der Waals surface area contributed by atoms with Crippen LogP contribution in [0.4, 0.5) is 0 Å². The maximum absolute atomic E-state index is 11.8. The summed E-state index contributed by atoms with van der Waals surface area (Å²) in [5.41, 5.74) is 5.12. The number of nitrogens with zero attached hydrogens (tertiary/aromatic N) is 1. The van der Waals surface area contributed by atoms with Crippen molar-refractivity contribution in [1.82, 2.24) is 10.2 Å². The van der Waals surface area contributed by atoms with Gasteiger partial charge in [-0.2, -0.15) is 0 Å². The number of likely N-dealkylation sites (tertiary alicyclic amines) is 1. The Morgan fingerprint density at radius 2 is 2.19 bits per heavy atom. The van der Waals surface area contributed by atoms with Crippen molar-refractivity contribution in [3.63, 3.8) is 0 Å². The van der Waals surface area contributed by atoms with E-state index in [1.165, 1.54) is 19.3 Å². The molecule has 94 valence electrons. The summed E-state index contributed by atoms with van der Waals surface area (Å²) in [4.78, 5) is 14.2. The molecule has 1 unspecified atom stereocenters. The number of likely N-dealkylation sites (N-methyl/N-ethyl adjacent to an activating group) is 1. The number of carbonyl (C=O) groups excluding carboxylic acids is 1. The van der Waals surface area contributed by atoms with Crippen LogP contribution in [-0.4, -0.2) is 43.5 Å². The van der Waals surface area contributed by atoms with Crippen molar-refractivity contribution in [3.05, 3.63) is 0 Å². The Kier molecular flexibility index (Phi) is 4.74. The minimum Gasteiger partial charge on any atom is -0.354 e. The summed E-state index contributed by atoms with van der Waals surface area (Å²) in [6.45, 7) is 6.04. The van der Waals surface area contributed by atoms with Crippen LogP contribution in [0.1, 0.15) is 33.1 Å². The Morgan fingerprint density at radius 1 is 1.50 bits per heavy atom. The molecule has 1 heterocycles. The van der Waals surface area contributed by atoms with Gasteiger partial charge in [-0.15, -0.1) is 0 Å². The number of nitrogens with two attached hydrogens (primary N) is 1. The zero-order valence-electron chi connectivity index (χ0n) is 10.8. The molecular weight excluding hydrogens is 202 g/mol. The highest BCUT2D eigenvalue weighted by Gasteiger charge is 2.27. The SMILES string of the molecule is CN1CCCCC1CNC(=O)C(C)(C)CN. The fraction of sp³-hybridized carbons (Fsp3) is 0.917. The van der Waals surface area contributed by atoms with Crippen LogP contribution in [0.2, 0.25) is 0 Å². The van der Waals surface area contributed by atoms with Gasteiger partial charge in [0.2, 0.25) is 5.91 Å². The summed E-state index contributed by atoms with van der Waals surface area (Å²) in [6.07, 6.45) is 3.72. The van der Waals surface area contributed by atoms with Crippen LogP contribution in [0.15, 0.2) is 0 Å². The monoisotopic (exact) mass is 227 g/mol. The molecule has 0 aliphatic carbocycles. The van der Waals surface area contributed by atoms with Crippen molar-refractivity contribution in [1.29, 1.82) is 0 Å². The molecule has 4 nitrogen and oxygen atoms in total. The second kappa shape index (κ2) is 5.64. The van der Waals surface area contributed by atoms with E-state index in [-0.39, 0.29) is 5.91 Å². The molecule has 3 N–H and O–H groups in total. The molecule has 1 fully saturated rings. The van der Waals surface area contributed by atoms with E-state index < -0.39 is 5.41 Å². The summed E-state index contributed by atoms with van der Waals surface area (Å²) in [5.74, 6) is 0.0639. The lowest BCUT2D eigenvalue weighted by atomic mass is 9.92. The minimum atomic E-state index is -0.451. The Labute approximate surface area is 98.6 Å². The van der Waals surface area contributed by atoms with Crippen LogP contribution in [0.3, 0.4) is 0 Å². The third-order valence-corrected chi connectivity index (χ3v) is 3.54. The second-order valence-corrected chi connectivity index (χ2v) is 5.43. The molecule has 4 heteroatoms. The first-order chi connectivity index (χ1) is 7.47. The number of piperidine rings is 1. The molecule has 0 radical (unpaired) electrons. The number of nitrogens with one attached hydrogen (secondary N) is 1. The summed E-state index contributed by atoms with van der Waals surface area (Å²) >= 11 is 0. The molecule has 0 aromatic heterocycles. The van der Waals surface area contributed by atoms with Gasteiger partial charge in [0.25, 0.3) is 0 Å². The van der Waals surface area contributed by atoms with Crippen LogP contribution < -0.4 is 11.1 Å². The number of amides is 1. The van der Waals surface area contributed by atoms with E-state index in [1.54, 1.807) is 0 Å². The van der Waals surface area contributed by atoms with Crippen molar-refractivity contribution >= 4 is 5.91 Å². The molecule has 1 rings (SSSR count). The van der Waals surface area contributed by atoms with Gasteiger partial charge in [0, 0.05) is 19.1 Å². The Morgan fingerprint density at radius 3 is 2.75 bits per heavy atom. The Bertz CT molecular complexity index is 240. The molecule has 1 saturated heterocycles. The molecule has 0 aromatic carbocycles. The van der Waals surface area contributed by atoms with Gasteiger partial charge in [0.05, 0.1) is 5.41 Å². The van der Waals surface area contributed by atoms with Crippen molar-refractivity contribution in [2.45, 2.75) is 39.2 Å². The molecule has 0 saturated carbocycles. The Balaban J connectivity index is 2.36. The largest absolute Gasteiger partial charge is 0.354 e. The molecule has 1 atom stereocenters. The van der Waals surface area contributed by atoms with E-state index in [1.807, 2.05) is 13.8 Å². The van der Waals surface area contributed by atoms with Gasteiger partial charge < -0.3 is 16.0 Å². The van der Waals surface area contributed by atoms with Crippen LogP contribution >= 0.6 is 0 Å². The number of carbonyl (C=O) groups is 1. The van der Waals surface area contributed by atoms with E-state index in [9.17, 15) is 4.79 Å². The number of hydrogen-bond donors (Lipinski definition) is 2. The molecule has 0 bridgehead atoms. The molecule has 16 heavy (non-hydrogen) atoms. The summed E-state index contributed by atoms with van der Waals surface area (Å²) in [5, 5.41) is 3.01. The first kappa shape index (κ1) is 13.5. The molecule has 1 aliphatic heterocycles. The highest BCUT2D eigenvalue weighted by atomic mass is 16.2. The van der Waals surface area contributed by atoms with Crippen molar-refractivity contribution in [3.8, 4) is 0 Å². The van der Waals surface area contributed by atoms with Gasteiger partial charge in [0.15, 0.2) is 0 Å². The van der Waals surface area contributed by atoms with Gasteiger partial charge in [-0.3, -0.25) is 4.79 Å². The van der Waals surface area contributed by atoms with Crippen LogP contribution in [0.25, 0.3) is 0 Å². The zero-order valence-corrected chi connectivity index (χ0v) is 10.8. The smallest absolute Gasteiger partial charge is 0.226 e. The molecule has 0 spiro atoms. The van der Waals surface area contributed by atoms with E-state index in [4.69, 9.17) is 5.73 Å². The molecule has 1 amide bonds. The van der Waals surface area contributed by atoms with Gasteiger partial charge in [-0.25, -0.2) is 0 Å². The molecular formula is C12H25N3O. The average molecular weight is 227 g/mol. The van der Waals surface area contributed by atoms with Crippen molar-refractivity contribution in [2.24, 2.45) is 11.1 Å². The molecule has 1 aliphatic rings. The maximum Gasteiger partial charge on any atom is 0.226 e. The lowest BCUT2D eigenvalue weighted by molar-refractivity contribution is -0.129. The lowest BCUT2D eigenvalue weighted by Crippen LogP contribution is -2.48. The standard InChI is InChI=1S/C12H25N3O/c1-12(2,9-13)11(16)14-8-10-6-4-5-7-15(10)3/h10H,4-9,13H2,1-3H3,(H,14,16). The van der Waals surface area contributed by atoms with Crippen molar-refractivity contribution < 1.29 is 4.79 Å². The quantitative estimate of drug-likeness (QED) is 0.738. The highest BCUT2D eigenvalue weighted by Crippen LogP contribution is 2.16. The van der Waals surface area contributed by atoms with E-state index in [0.717, 1.165) is 13.1 Å². The first-order valence-corrected chi connectivity index (χ1v) is 6.16. The van der Waals surface area contributed by atoms with E-state index in [2.05, 4.69) is 17.3 Å². The van der Waals surface area contributed by atoms with E-state index in [0.29, 0.717) is 12.6 Å². The third-order valence-electron chi connectivity index (χ3n) is 3.54. The zero-order chi connectivity index (χ0) is 12.2. The number of hydrogen-bond acceptors (Lipinski definition) is 3. The van der Waals surface area contributed by atoms with Gasteiger partial charge in [0.1, 0.15) is 0 Å². The predicted octanol–water partition coefficient (Wildman–Crippen LogP) is 0.572. The van der Waals surface area contributed by atoms with Gasteiger partial charge >= 0.3 is 0 Å². The van der Waals surface area contributed by atoms with Gasteiger partial charge in [-0.1, -0.05) is 6.42 Å². The summed E-state index contributed by atoms with van der Waals surface area (Å²) in [7, 11) is 2.13. The minimum absolute atomic E-state index is 0.0639. The van der Waals surface area contributed by atoms with Crippen LogP contribution in [0, 0.1) is 5.41 Å². The number of rotatable bonds is 4. The van der Waals surface area contributed by atoms with Crippen molar-refractivity contribution in [2.75, 3.05) is 26.7 Å². The van der Waals surface area contributed by atoms with Crippen LogP contribution in [-0.2, 0) is 4.79 Å². The summed E-state index contributed by atoms with van der Waals surface area (Å²) < 4.78 is 0. The fourth-order valence-corrected chi connectivity index (χ4v) is 1.94. The highest BCUT2D eigenvalue weighted by molar-refractivity contribution is 5.82. The maximum atomic E-state index is 11.8. The Hall–Kier alpha value is -0.610. The topological polar surface area (TPSA) is 58.4 Å². The normalized spacial score (nSPS) is 23.1. The average Bonchev–Trinajstić information content (AvgIpc) is 2.27. The summed E-state index contributed by atoms with van der Waals surface area (Å²) in [6, 6.07) is 0.492. The van der Waals surface area contributed by atoms with Crippen LogP contribution in [0.5, 0.6) is 0 Å². The third kappa shape index (κ3) is 3.46. The first-order valence-electron chi connectivity index (χ1n) is 6.16. The lowest BCUT2D eigenvalue weighted by Gasteiger charge is -2.33. The van der Waals surface area contributed by atoms with E-state index >= 15 is 0 Å².